The number of rotatable bonds is 10. The number of nitrogens with zero attached hydrogens (tertiary/aromatic N) is 1. The number of carbonyl (C=O) groups excluding carboxylic acids is 1. The number of hydrogen-bond donors (Lipinski definition) is 1. The van der Waals surface area contributed by atoms with Crippen molar-refractivity contribution in [3.05, 3.63) is 83.9 Å². The van der Waals surface area contributed by atoms with Crippen LogP contribution in [0.4, 0.5) is 5.69 Å². The van der Waals surface area contributed by atoms with E-state index in [9.17, 15) is 13.2 Å². The van der Waals surface area contributed by atoms with Crippen molar-refractivity contribution in [2.75, 3.05) is 25.1 Å². The first kappa shape index (κ1) is 25.1. The molecule has 0 aliphatic carbocycles. The predicted molar refractivity (Wildman–Crippen MR) is 133 cm³/mol. The highest BCUT2D eigenvalue weighted by atomic mass is 32.2. The summed E-state index contributed by atoms with van der Waals surface area (Å²) in [5.41, 5.74) is 2.29. The van der Waals surface area contributed by atoms with Gasteiger partial charge in [0.05, 0.1) is 30.8 Å². The molecule has 3 rings (SSSR count). The molecule has 3 aromatic rings. The van der Waals surface area contributed by atoms with Crippen molar-refractivity contribution in [2.24, 2.45) is 0 Å². The van der Waals surface area contributed by atoms with Crippen LogP contribution < -0.4 is 19.1 Å². The van der Waals surface area contributed by atoms with E-state index in [2.05, 4.69) is 5.32 Å². The highest BCUT2D eigenvalue weighted by Gasteiger charge is 2.30. The second-order valence-corrected chi connectivity index (χ2v) is 9.66. The largest absolute Gasteiger partial charge is 0.497 e. The van der Waals surface area contributed by atoms with Gasteiger partial charge < -0.3 is 14.8 Å². The third-order valence-electron chi connectivity index (χ3n) is 5.50. The van der Waals surface area contributed by atoms with Crippen molar-refractivity contribution in [2.45, 2.75) is 31.2 Å². The van der Waals surface area contributed by atoms with Gasteiger partial charge in [0.15, 0.2) is 0 Å². The summed E-state index contributed by atoms with van der Waals surface area (Å²) in [4.78, 5) is 13.2. The summed E-state index contributed by atoms with van der Waals surface area (Å²) in [5, 5.41) is 2.98. The van der Waals surface area contributed by atoms with Gasteiger partial charge in [-0.1, -0.05) is 55.0 Å². The molecule has 0 saturated heterocycles. The summed E-state index contributed by atoms with van der Waals surface area (Å²) in [6.07, 6.45) is 0.655. The maximum atomic E-state index is 13.6. The molecule has 1 unspecified atom stereocenters. The summed E-state index contributed by atoms with van der Waals surface area (Å²) in [7, 11) is -1.15. The normalized spacial score (nSPS) is 12.0. The second kappa shape index (κ2) is 11.1. The molecule has 0 spiro atoms. The topological polar surface area (TPSA) is 84.9 Å². The minimum atomic E-state index is -4.08. The Morgan fingerprint density at radius 1 is 0.971 bits per heavy atom. The van der Waals surface area contributed by atoms with E-state index in [1.807, 2.05) is 38.1 Å². The Bertz CT molecular complexity index is 1210. The molecule has 1 amide bonds. The molecule has 1 atom stereocenters. The van der Waals surface area contributed by atoms with E-state index in [0.29, 0.717) is 17.9 Å². The molecule has 0 bridgehead atoms. The van der Waals surface area contributed by atoms with E-state index in [-0.39, 0.29) is 16.6 Å². The number of sulfonamides is 1. The smallest absolute Gasteiger partial charge is 0.264 e. The van der Waals surface area contributed by atoms with Gasteiger partial charge in [-0.25, -0.2) is 8.42 Å². The zero-order chi connectivity index (χ0) is 24.7. The summed E-state index contributed by atoms with van der Waals surface area (Å²) < 4.78 is 39.1. The molecule has 0 aliphatic heterocycles. The van der Waals surface area contributed by atoms with Crippen molar-refractivity contribution in [1.82, 2.24) is 5.32 Å². The van der Waals surface area contributed by atoms with Crippen LogP contribution in [0.2, 0.25) is 0 Å². The first-order valence-corrected chi connectivity index (χ1v) is 12.4. The molecule has 3 aromatic carbocycles. The number of hydrogen-bond acceptors (Lipinski definition) is 5. The van der Waals surface area contributed by atoms with E-state index in [0.717, 1.165) is 15.4 Å². The number of amides is 1. The Kier molecular flexibility index (Phi) is 8.17. The first-order chi connectivity index (χ1) is 16.3. The van der Waals surface area contributed by atoms with Gasteiger partial charge in [-0.2, -0.15) is 0 Å². The summed E-state index contributed by atoms with van der Waals surface area (Å²) in [6, 6.07) is 20.5. The number of benzene rings is 3. The van der Waals surface area contributed by atoms with Gasteiger partial charge in [0, 0.05) is 6.07 Å². The van der Waals surface area contributed by atoms with Gasteiger partial charge in [-0.15, -0.1) is 0 Å². The van der Waals surface area contributed by atoms with Gasteiger partial charge in [0.2, 0.25) is 5.91 Å². The van der Waals surface area contributed by atoms with Crippen LogP contribution in [0.25, 0.3) is 0 Å². The van der Waals surface area contributed by atoms with E-state index in [1.54, 1.807) is 36.4 Å². The summed E-state index contributed by atoms with van der Waals surface area (Å²) in [6.45, 7) is 3.54. The fourth-order valence-electron chi connectivity index (χ4n) is 3.60. The summed E-state index contributed by atoms with van der Waals surface area (Å²) in [5.74, 6) is 0.311. The van der Waals surface area contributed by atoms with Gasteiger partial charge in [0.1, 0.15) is 18.0 Å². The average molecular weight is 483 g/mol. The molecule has 0 aliphatic rings. The van der Waals surface area contributed by atoms with Crippen molar-refractivity contribution in [3.63, 3.8) is 0 Å². The van der Waals surface area contributed by atoms with Gasteiger partial charge >= 0.3 is 0 Å². The minimum absolute atomic E-state index is 0.0678. The number of methoxy groups -OCH3 is 2. The lowest BCUT2D eigenvalue weighted by Crippen LogP contribution is -2.42. The highest BCUT2D eigenvalue weighted by Crippen LogP contribution is 2.35. The van der Waals surface area contributed by atoms with Gasteiger partial charge in [-0.3, -0.25) is 9.10 Å². The maximum absolute atomic E-state index is 13.6. The first-order valence-electron chi connectivity index (χ1n) is 11.0. The van der Waals surface area contributed by atoms with Gasteiger partial charge in [0.25, 0.3) is 10.0 Å². The fourth-order valence-corrected chi connectivity index (χ4v) is 5.05. The van der Waals surface area contributed by atoms with Crippen LogP contribution in [0.5, 0.6) is 11.5 Å². The van der Waals surface area contributed by atoms with Crippen molar-refractivity contribution in [1.29, 1.82) is 0 Å². The van der Waals surface area contributed by atoms with E-state index in [1.165, 1.54) is 26.4 Å². The molecule has 0 fully saturated rings. The summed E-state index contributed by atoms with van der Waals surface area (Å²) >= 11 is 0. The molecule has 1 N–H and O–H groups in total. The van der Waals surface area contributed by atoms with Gasteiger partial charge in [-0.05, 0) is 43.2 Å². The zero-order valence-electron chi connectivity index (χ0n) is 19.8. The lowest BCUT2D eigenvalue weighted by Gasteiger charge is -2.27. The van der Waals surface area contributed by atoms with E-state index in [4.69, 9.17) is 9.47 Å². The van der Waals surface area contributed by atoms with Crippen LogP contribution in [0.15, 0.2) is 77.7 Å². The molecular weight excluding hydrogens is 452 g/mol. The molecule has 0 heterocycles. The standard InChI is InChI=1S/C26H30N2O5S/c1-5-23(20-13-11-19(2)12-14-20)27-26(29)18-28(34(30,31)22-9-7-6-8-10-22)24-17-21(32-3)15-16-25(24)33-4/h6-17,23H,5,18H2,1-4H3,(H,27,29). The van der Waals surface area contributed by atoms with Crippen LogP contribution >= 0.6 is 0 Å². The van der Waals surface area contributed by atoms with E-state index < -0.39 is 22.5 Å². The van der Waals surface area contributed by atoms with Crippen LogP contribution in [0.1, 0.15) is 30.5 Å². The lowest BCUT2D eigenvalue weighted by molar-refractivity contribution is -0.120. The van der Waals surface area contributed by atoms with Crippen LogP contribution in [-0.2, 0) is 14.8 Å². The maximum Gasteiger partial charge on any atom is 0.264 e. The molecule has 0 saturated carbocycles. The average Bonchev–Trinajstić information content (AvgIpc) is 2.86. The number of anilines is 1. The molecule has 34 heavy (non-hydrogen) atoms. The molecule has 8 heteroatoms. The molecule has 0 aromatic heterocycles. The van der Waals surface area contributed by atoms with E-state index >= 15 is 0 Å². The molecule has 180 valence electrons. The molecule has 7 nitrogen and oxygen atoms in total. The number of carbonyl (C=O) groups is 1. The second-order valence-electron chi connectivity index (χ2n) is 7.80. The number of ether oxygens (including phenoxy) is 2. The third-order valence-corrected chi connectivity index (χ3v) is 7.27. The molecular formula is C26H30N2O5S. The minimum Gasteiger partial charge on any atom is -0.497 e. The van der Waals surface area contributed by atoms with Crippen LogP contribution in [0.3, 0.4) is 0 Å². The number of aryl methyl sites for hydroxylation is 1. The van der Waals surface area contributed by atoms with Crippen molar-refractivity contribution >= 4 is 21.6 Å². The SMILES string of the molecule is CCC(NC(=O)CN(c1cc(OC)ccc1OC)S(=O)(=O)c1ccccc1)c1ccc(C)cc1. The Hall–Kier alpha value is -3.52. The monoisotopic (exact) mass is 482 g/mol. The quantitative estimate of drug-likeness (QED) is 0.461. The predicted octanol–water partition coefficient (Wildman–Crippen LogP) is 4.48. The zero-order valence-corrected chi connectivity index (χ0v) is 20.6. The van der Waals surface area contributed by atoms with Crippen molar-refractivity contribution < 1.29 is 22.7 Å². The Labute approximate surface area is 201 Å². The highest BCUT2D eigenvalue weighted by molar-refractivity contribution is 7.92. The fraction of sp³-hybridized carbons (Fsp3) is 0.269. The Morgan fingerprint density at radius 2 is 1.65 bits per heavy atom. The van der Waals surface area contributed by atoms with Crippen LogP contribution in [-0.4, -0.2) is 35.1 Å². The molecule has 0 radical (unpaired) electrons. The third kappa shape index (κ3) is 5.69. The Balaban J connectivity index is 1.99. The van der Waals surface area contributed by atoms with Crippen molar-refractivity contribution in [3.8, 4) is 11.5 Å². The lowest BCUT2D eigenvalue weighted by atomic mass is 10.0. The Morgan fingerprint density at radius 3 is 2.24 bits per heavy atom. The van der Waals surface area contributed by atoms with Crippen LogP contribution in [0, 0.1) is 6.92 Å². The number of nitrogens with one attached hydrogen (secondary N) is 1.